The fraction of sp³-hybridized carbons (Fsp3) is 0.500. The summed E-state index contributed by atoms with van der Waals surface area (Å²) in [4.78, 5) is 9.13. The average molecular weight is 124 g/mol. The van der Waals surface area contributed by atoms with Gasteiger partial charge in [0.25, 0.3) is 0 Å². The highest BCUT2D eigenvalue weighted by Gasteiger charge is 1.65. The Kier molecular flexibility index (Phi) is 12.4. The van der Waals surface area contributed by atoms with E-state index in [9.17, 15) is 0 Å². The van der Waals surface area contributed by atoms with Crippen molar-refractivity contribution in [2.24, 2.45) is 5.73 Å². The number of quaternary nitrogens is 1. The molecule has 0 amide bonds. The van der Waals surface area contributed by atoms with Crippen molar-refractivity contribution in [1.29, 1.82) is 0 Å². The van der Waals surface area contributed by atoms with Gasteiger partial charge in [-0.2, -0.15) is 10.4 Å². The van der Waals surface area contributed by atoms with Crippen LogP contribution in [0.25, 0.3) is 0 Å². The molecule has 0 aromatic heterocycles. The molecule has 0 aliphatic rings. The molecule has 6 heteroatoms. The number of nitrogens with two attached hydrogens (primary N) is 2. The quantitative estimate of drug-likeness (QED) is 0.265. The first kappa shape index (κ1) is 10.3. The zero-order valence-electron chi connectivity index (χ0n) is 4.07. The Bertz CT molecular complexity index is 56.0. The van der Waals surface area contributed by atoms with Crippen molar-refractivity contribution in [3.05, 3.63) is 0 Å². The van der Waals surface area contributed by atoms with E-state index in [-0.39, 0.29) is 12.2 Å². The van der Waals surface area contributed by atoms with Crippen LogP contribution in [0.1, 0.15) is 0 Å². The van der Waals surface area contributed by atoms with Crippen LogP contribution in [0.5, 0.6) is 0 Å². The highest BCUT2D eigenvalue weighted by molar-refractivity contribution is 5.66. The van der Waals surface area contributed by atoms with Crippen molar-refractivity contribution in [2.75, 3.05) is 6.54 Å². The molecule has 0 fully saturated rings. The molecule has 0 radical (unpaired) electrons. The molecule has 0 saturated heterocycles. The molecule has 0 aromatic rings. The summed E-state index contributed by atoms with van der Waals surface area (Å²) < 4.78 is 0. The van der Waals surface area contributed by atoms with Crippen molar-refractivity contribution < 1.29 is 26.0 Å². The van der Waals surface area contributed by atoms with Gasteiger partial charge in [-0.3, -0.25) is 0 Å². The van der Waals surface area contributed by atoms with Crippen LogP contribution in [-0.2, 0) is 4.79 Å². The fourth-order valence-corrected chi connectivity index (χ4v) is 0. The minimum atomic E-state index is -1.22. The molecule has 8 heavy (non-hydrogen) atoms. The minimum absolute atomic E-state index is 0. The predicted octanol–water partition coefficient (Wildman–Crippen LogP) is -3.98. The lowest BCUT2D eigenvalue weighted by molar-refractivity contribution is -1.06. The number of rotatable bonds is 1. The average Bonchev–Trinajstić information content (AvgIpc) is 1.69. The summed E-state index contributed by atoms with van der Waals surface area (Å²) in [5, 5.41) is 23.1. The number of carbonyl (C=O) groups excluding carboxylic acids is 1. The number of hydrogen-bond donors (Lipinski definition) is 4. The Labute approximate surface area is 45.5 Å². The Morgan fingerprint density at radius 2 is 1.88 bits per heavy atom. The molecule has 50 valence electrons. The monoisotopic (exact) mass is 124 g/mol. The first-order chi connectivity index (χ1) is 3.68. The van der Waals surface area contributed by atoms with Gasteiger partial charge < -0.3 is 15.6 Å². The molecule has 0 rings (SSSR count). The summed E-state index contributed by atoms with van der Waals surface area (Å²) in [5.74, 6) is -1.22. The van der Waals surface area contributed by atoms with Crippen molar-refractivity contribution in [2.45, 2.75) is 0 Å². The van der Waals surface area contributed by atoms with Gasteiger partial charge in [-0.25, -0.2) is 0 Å². The molecule has 6 nitrogen and oxygen atoms in total. The van der Waals surface area contributed by atoms with Crippen LogP contribution >= 0.6 is 0 Å². The maximum Gasteiger partial charge on any atom is 0.0550 e. The molecule has 0 atom stereocenters. The lowest BCUT2D eigenvalue weighted by Crippen LogP contribution is -2.76. The Morgan fingerprint density at radius 1 is 1.75 bits per heavy atom. The highest BCUT2D eigenvalue weighted by Crippen LogP contribution is 1.33. The van der Waals surface area contributed by atoms with Crippen LogP contribution in [0.2, 0.25) is 0 Å². The fourth-order valence-electron chi connectivity index (χ4n) is 0. The van der Waals surface area contributed by atoms with Crippen LogP contribution in [0, 0.1) is 0 Å². The van der Waals surface area contributed by atoms with Gasteiger partial charge in [-0.15, -0.1) is 0 Å². The Hall–Kier alpha value is -0.690. The number of carboxylic acid groups (broad SMARTS) is 1. The van der Waals surface area contributed by atoms with E-state index >= 15 is 0 Å². The van der Waals surface area contributed by atoms with Gasteiger partial charge in [0.1, 0.15) is 0 Å². The van der Waals surface area contributed by atoms with E-state index in [1.165, 1.54) is 0 Å². The van der Waals surface area contributed by atoms with Crippen molar-refractivity contribution in [3.63, 3.8) is 0 Å². The van der Waals surface area contributed by atoms with Crippen molar-refractivity contribution in [1.82, 2.24) is 0 Å². The lowest BCUT2D eigenvalue weighted by Gasteiger charge is -1.87. The molecule has 0 saturated carbocycles. The first-order valence-electron chi connectivity index (χ1n) is 1.69. The molecule has 0 spiro atoms. The second-order valence-corrected chi connectivity index (χ2v) is 0.692. The van der Waals surface area contributed by atoms with E-state index in [2.05, 4.69) is 5.73 Å². The van der Waals surface area contributed by atoms with E-state index in [0.29, 0.717) is 0 Å². The molecule has 6 N–H and O–H groups in total. The molecular formula is C2H8N2O4. The van der Waals surface area contributed by atoms with E-state index in [1.807, 2.05) is 0 Å². The number of carbonyl (C=O) groups is 1. The third-order valence-corrected chi connectivity index (χ3v) is 0.167. The van der Waals surface area contributed by atoms with Gasteiger partial charge in [0.15, 0.2) is 0 Å². The second kappa shape index (κ2) is 9.58. The normalized spacial score (nSPS) is 6.88. The molecule has 0 bridgehead atoms. The zero-order valence-corrected chi connectivity index (χ0v) is 4.07. The third kappa shape index (κ3) is 57.5. The van der Waals surface area contributed by atoms with E-state index in [4.69, 9.17) is 20.3 Å². The van der Waals surface area contributed by atoms with Crippen molar-refractivity contribution >= 4 is 5.97 Å². The predicted molar refractivity (Wildman–Crippen MR) is 19.6 cm³/mol. The maximum absolute atomic E-state index is 9.13. The van der Waals surface area contributed by atoms with Crippen molar-refractivity contribution in [3.8, 4) is 0 Å². The Morgan fingerprint density at radius 3 is 1.88 bits per heavy atom. The highest BCUT2D eigenvalue weighted by atomic mass is 16.7. The number of carboxylic acids is 1. The molecule has 0 aromatic carbocycles. The van der Waals surface area contributed by atoms with E-state index in [0.717, 1.165) is 0 Å². The lowest BCUT2D eigenvalue weighted by atomic mass is 10.7. The topological polar surface area (TPSA) is 123 Å². The van der Waals surface area contributed by atoms with Crippen LogP contribution in [0.4, 0.5) is 0 Å². The smallest absolute Gasteiger partial charge is 0.0550 e. The van der Waals surface area contributed by atoms with Gasteiger partial charge in [-0.1, -0.05) is 5.64 Å². The summed E-state index contributed by atoms with van der Waals surface area (Å²) in [5.41, 5.74) is 4.51. The first-order valence-corrected chi connectivity index (χ1v) is 1.69. The number of hydrogen-bond acceptors (Lipinski definition) is 5. The van der Waals surface area contributed by atoms with Gasteiger partial charge in [0.05, 0.1) is 5.97 Å². The van der Waals surface area contributed by atoms with Gasteiger partial charge in [0.2, 0.25) is 0 Å². The van der Waals surface area contributed by atoms with E-state index < -0.39 is 5.97 Å². The summed E-state index contributed by atoms with van der Waals surface area (Å²) >= 11 is 0. The third-order valence-electron chi connectivity index (χ3n) is 0.167. The van der Waals surface area contributed by atoms with Crippen LogP contribution in [-0.4, -0.2) is 22.9 Å². The van der Waals surface area contributed by atoms with Crippen LogP contribution < -0.4 is 16.5 Å². The molecule has 0 unspecified atom stereocenters. The summed E-state index contributed by atoms with van der Waals surface area (Å²) in [6.07, 6.45) is 0. The van der Waals surface area contributed by atoms with Crippen LogP contribution in [0.3, 0.4) is 0 Å². The molecule has 0 aliphatic carbocycles. The SMILES string of the molecule is NCC(=O)[O-].O[NH2+]O. The van der Waals surface area contributed by atoms with Gasteiger partial charge in [-0.05, 0) is 0 Å². The maximum atomic E-state index is 9.13. The second-order valence-electron chi connectivity index (χ2n) is 0.692. The van der Waals surface area contributed by atoms with E-state index in [1.54, 1.807) is 0 Å². The van der Waals surface area contributed by atoms with Gasteiger partial charge in [0, 0.05) is 6.54 Å². The largest absolute Gasteiger partial charge is 0.549 e. The molecule has 0 heterocycles. The zero-order chi connectivity index (χ0) is 6.99. The van der Waals surface area contributed by atoms with Gasteiger partial charge >= 0.3 is 0 Å². The molecule has 0 aliphatic heterocycles. The summed E-state index contributed by atoms with van der Waals surface area (Å²) in [6.45, 7) is -0.389. The Balaban J connectivity index is 0. The van der Waals surface area contributed by atoms with Crippen LogP contribution in [0.15, 0.2) is 0 Å². The standard InChI is InChI=1S/C2H5NO2.H4NO2/c3-1-2(4)5;2-1-3/h1,3H2,(H,4,5);2-3H,1H2/q;+1/p-1. The minimum Gasteiger partial charge on any atom is -0.549 e. The number of aliphatic carboxylic acids is 1. The summed E-state index contributed by atoms with van der Waals surface area (Å²) in [6, 6.07) is 0. The summed E-state index contributed by atoms with van der Waals surface area (Å²) in [7, 11) is 0. The molecular weight excluding hydrogens is 116 g/mol.